The van der Waals surface area contributed by atoms with E-state index in [4.69, 9.17) is 11.6 Å². The summed E-state index contributed by atoms with van der Waals surface area (Å²) in [6, 6.07) is 17.2. The van der Waals surface area contributed by atoms with Crippen LogP contribution in [0.3, 0.4) is 0 Å². The van der Waals surface area contributed by atoms with Crippen molar-refractivity contribution in [1.82, 2.24) is 10.3 Å². The zero-order valence-corrected chi connectivity index (χ0v) is 13.1. The Balaban J connectivity index is 1.70. The Kier molecular flexibility index (Phi) is 4.69. The summed E-state index contributed by atoms with van der Waals surface area (Å²) in [4.78, 5) is 16.3. The molecule has 3 nitrogen and oxygen atoms in total. The third-order valence-corrected chi connectivity index (χ3v) is 3.88. The molecular weight excluding hydrogens is 308 g/mol. The number of fused-ring (bicyclic) bond motifs is 1. The van der Waals surface area contributed by atoms with Gasteiger partial charge < -0.3 is 5.32 Å². The molecule has 4 heteroatoms. The fourth-order valence-electron chi connectivity index (χ4n) is 2.31. The number of carbonyl (C=O) groups excluding carboxylic acids is 1. The topological polar surface area (TPSA) is 42.0 Å². The fourth-order valence-corrected chi connectivity index (χ4v) is 2.51. The third kappa shape index (κ3) is 3.76. The smallest absolute Gasteiger partial charge is 0.244 e. The van der Waals surface area contributed by atoms with Gasteiger partial charge in [0.1, 0.15) is 0 Å². The SMILES string of the molecule is O=C(/C=C/c1ccnc2ccccc12)NCc1ccccc1Cl. The Labute approximate surface area is 139 Å². The van der Waals surface area contributed by atoms with Crippen LogP contribution < -0.4 is 5.32 Å². The average Bonchev–Trinajstić information content (AvgIpc) is 2.59. The summed E-state index contributed by atoms with van der Waals surface area (Å²) in [5, 5.41) is 4.50. The molecule has 3 aromatic rings. The van der Waals surface area contributed by atoms with E-state index in [9.17, 15) is 4.79 Å². The van der Waals surface area contributed by atoms with Gasteiger partial charge in [-0.3, -0.25) is 9.78 Å². The lowest BCUT2D eigenvalue weighted by atomic mass is 10.1. The number of para-hydroxylation sites is 1. The van der Waals surface area contributed by atoms with Crippen LogP contribution in [0.5, 0.6) is 0 Å². The van der Waals surface area contributed by atoms with Crippen LogP contribution in [0, 0.1) is 0 Å². The Hall–Kier alpha value is -2.65. The first-order valence-electron chi connectivity index (χ1n) is 7.27. The molecule has 1 heterocycles. The minimum Gasteiger partial charge on any atom is -0.348 e. The van der Waals surface area contributed by atoms with Crippen molar-refractivity contribution in [2.75, 3.05) is 0 Å². The standard InChI is InChI=1S/C19H15ClN2O/c20-17-7-3-1-5-15(17)13-22-19(23)10-9-14-11-12-21-18-8-4-2-6-16(14)18/h1-12H,13H2,(H,22,23)/b10-9+. The van der Waals surface area contributed by atoms with Gasteiger partial charge >= 0.3 is 0 Å². The number of halogens is 1. The number of hydrogen-bond donors (Lipinski definition) is 1. The van der Waals surface area contributed by atoms with E-state index in [0.717, 1.165) is 22.0 Å². The van der Waals surface area contributed by atoms with Gasteiger partial charge in [0.05, 0.1) is 5.52 Å². The van der Waals surface area contributed by atoms with Crippen molar-refractivity contribution in [3.63, 3.8) is 0 Å². The van der Waals surface area contributed by atoms with E-state index in [-0.39, 0.29) is 5.91 Å². The highest BCUT2D eigenvalue weighted by Gasteiger charge is 2.02. The van der Waals surface area contributed by atoms with Gasteiger partial charge in [-0.05, 0) is 35.4 Å². The van der Waals surface area contributed by atoms with Crippen LogP contribution in [-0.2, 0) is 11.3 Å². The Morgan fingerprint density at radius 3 is 2.74 bits per heavy atom. The molecule has 0 fully saturated rings. The van der Waals surface area contributed by atoms with Crippen LogP contribution >= 0.6 is 11.6 Å². The molecule has 1 aromatic heterocycles. The lowest BCUT2D eigenvalue weighted by molar-refractivity contribution is -0.116. The van der Waals surface area contributed by atoms with Gasteiger partial charge in [0.2, 0.25) is 5.91 Å². The summed E-state index contributed by atoms with van der Waals surface area (Å²) in [5.41, 5.74) is 2.76. The van der Waals surface area contributed by atoms with E-state index < -0.39 is 0 Å². The summed E-state index contributed by atoms with van der Waals surface area (Å²) in [6.45, 7) is 0.403. The molecule has 3 rings (SSSR count). The number of carbonyl (C=O) groups is 1. The van der Waals surface area contributed by atoms with Gasteiger partial charge in [0.15, 0.2) is 0 Å². The summed E-state index contributed by atoms with van der Waals surface area (Å²) in [5.74, 6) is -0.161. The third-order valence-electron chi connectivity index (χ3n) is 3.51. The lowest BCUT2D eigenvalue weighted by Gasteiger charge is -2.05. The van der Waals surface area contributed by atoms with E-state index in [1.165, 1.54) is 6.08 Å². The first-order chi connectivity index (χ1) is 11.2. The molecule has 0 bridgehead atoms. The van der Waals surface area contributed by atoms with Crippen molar-refractivity contribution in [2.45, 2.75) is 6.54 Å². The highest BCUT2D eigenvalue weighted by atomic mass is 35.5. The average molecular weight is 323 g/mol. The number of nitrogens with one attached hydrogen (secondary N) is 1. The van der Waals surface area contributed by atoms with E-state index in [1.54, 1.807) is 12.3 Å². The highest BCUT2D eigenvalue weighted by Crippen LogP contribution is 2.17. The van der Waals surface area contributed by atoms with Crippen molar-refractivity contribution in [3.05, 3.63) is 83.0 Å². The Morgan fingerprint density at radius 1 is 1.09 bits per heavy atom. The maximum absolute atomic E-state index is 12.0. The molecule has 0 spiro atoms. The van der Waals surface area contributed by atoms with Crippen LogP contribution in [0.1, 0.15) is 11.1 Å². The van der Waals surface area contributed by atoms with Gasteiger partial charge in [0.25, 0.3) is 0 Å². The van der Waals surface area contributed by atoms with E-state index in [2.05, 4.69) is 10.3 Å². The van der Waals surface area contributed by atoms with Crippen molar-refractivity contribution in [3.8, 4) is 0 Å². The Morgan fingerprint density at radius 2 is 1.87 bits per heavy atom. The van der Waals surface area contributed by atoms with Gasteiger partial charge in [-0.25, -0.2) is 0 Å². The molecule has 0 aliphatic heterocycles. The lowest BCUT2D eigenvalue weighted by Crippen LogP contribution is -2.20. The minimum atomic E-state index is -0.161. The number of pyridine rings is 1. The maximum Gasteiger partial charge on any atom is 0.244 e. The van der Waals surface area contributed by atoms with Crippen LogP contribution in [0.15, 0.2) is 66.9 Å². The van der Waals surface area contributed by atoms with E-state index in [0.29, 0.717) is 11.6 Å². The van der Waals surface area contributed by atoms with Crippen LogP contribution in [0.25, 0.3) is 17.0 Å². The number of aromatic nitrogens is 1. The van der Waals surface area contributed by atoms with Gasteiger partial charge in [-0.2, -0.15) is 0 Å². The molecule has 0 aliphatic rings. The van der Waals surface area contributed by atoms with Crippen molar-refractivity contribution < 1.29 is 4.79 Å². The Bertz CT molecular complexity index is 869. The summed E-state index contributed by atoms with van der Waals surface area (Å²) < 4.78 is 0. The minimum absolute atomic E-state index is 0.161. The second kappa shape index (κ2) is 7.07. The first-order valence-corrected chi connectivity index (χ1v) is 7.65. The molecule has 1 amide bonds. The van der Waals surface area contributed by atoms with Gasteiger partial charge in [-0.15, -0.1) is 0 Å². The molecule has 0 aliphatic carbocycles. The van der Waals surface area contributed by atoms with E-state index >= 15 is 0 Å². The molecule has 0 radical (unpaired) electrons. The quantitative estimate of drug-likeness (QED) is 0.731. The molecule has 0 unspecified atom stereocenters. The second-order valence-corrected chi connectivity index (χ2v) is 5.47. The van der Waals surface area contributed by atoms with Crippen LogP contribution in [0.4, 0.5) is 0 Å². The highest BCUT2D eigenvalue weighted by molar-refractivity contribution is 6.31. The molecule has 114 valence electrons. The summed E-state index contributed by atoms with van der Waals surface area (Å²) in [7, 11) is 0. The number of benzene rings is 2. The largest absolute Gasteiger partial charge is 0.348 e. The normalized spacial score (nSPS) is 11.0. The molecule has 23 heavy (non-hydrogen) atoms. The predicted octanol–water partition coefficient (Wildman–Crippen LogP) is 4.22. The zero-order chi connectivity index (χ0) is 16.1. The number of hydrogen-bond acceptors (Lipinski definition) is 2. The number of rotatable bonds is 4. The molecule has 1 N–H and O–H groups in total. The summed E-state index contributed by atoms with van der Waals surface area (Å²) >= 11 is 6.07. The fraction of sp³-hybridized carbons (Fsp3) is 0.0526. The number of amides is 1. The van der Waals surface area contributed by atoms with Crippen molar-refractivity contribution >= 4 is 34.5 Å². The molecular formula is C19H15ClN2O. The second-order valence-electron chi connectivity index (χ2n) is 5.06. The summed E-state index contributed by atoms with van der Waals surface area (Å²) in [6.07, 6.45) is 5.06. The number of nitrogens with zero attached hydrogens (tertiary/aromatic N) is 1. The van der Waals surface area contributed by atoms with Crippen molar-refractivity contribution in [2.24, 2.45) is 0 Å². The van der Waals surface area contributed by atoms with Gasteiger partial charge in [-0.1, -0.05) is 48.0 Å². The first kappa shape index (κ1) is 15.3. The van der Waals surface area contributed by atoms with E-state index in [1.807, 2.05) is 54.6 Å². The molecule has 0 saturated heterocycles. The molecule has 0 atom stereocenters. The monoisotopic (exact) mass is 322 g/mol. The molecule has 2 aromatic carbocycles. The molecule has 0 saturated carbocycles. The van der Waals surface area contributed by atoms with Crippen LogP contribution in [-0.4, -0.2) is 10.9 Å². The van der Waals surface area contributed by atoms with Gasteiger partial charge in [0, 0.05) is 29.2 Å². The predicted molar refractivity (Wildman–Crippen MR) is 94.1 cm³/mol. The van der Waals surface area contributed by atoms with Crippen LogP contribution in [0.2, 0.25) is 5.02 Å². The zero-order valence-electron chi connectivity index (χ0n) is 12.4. The maximum atomic E-state index is 12.0. The van der Waals surface area contributed by atoms with Crippen molar-refractivity contribution in [1.29, 1.82) is 0 Å².